The molecule has 3 aliphatic heterocycles. The molecule has 6 nitrogen and oxygen atoms in total. The van der Waals surface area contributed by atoms with Crippen molar-refractivity contribution in [1.82, 2.24) is 20.0 Å². The zero-order valence-corrected chi connectivity index (χ0v) is 15.6. The molecule has 3 heterocycles. The number of piperazine rings is 1. The molecule has 3 saturated heterocycles. The van der Waals surface area contributed by atoms with Gasteiger partial charge in [-0.1, -0.05) is 6.92 Å². The van der Waals surface area contributed by atoms with E-state index in [0.717, 1.165) is 45.6 Å². The largest absolute Gasteiger partial charge is 0.341 e. The molecular formula is C18H30F2N4O2. The van der Waals surface area contributed by atoms with E-state index >= 15 is 0 Å². The maximum absolute atomic E-state index is 13.3. The standard InChI is InChI=1S/C18H30F2N4O2/c1-2-22-7-9-23(10-8-22)16(25)11-14-3-5-24(6-4-14)17(26)15-12-18(19,20)13-21-15/h14-15,21H,2-13H2,1H3. The summed E-state index contributed by atoms with van der Waals surface area (Å²) < 4.78 is 26.5. The molecule has 1 N–H and O–H groups in total. The van der Waals surface area contributed by atoms with Gasteiger partial charge in [-0.3, -0.25) is 14.9 Å². The quantitative estimate of drug-likeness (QED) is 0.792. The molecule has 0 spiro atoms. The number of alkyl halides is 2. The van der Waals surface area contributed by atoms with Crippen LogP contribution in [0.1, 0.15) is 32.6 Å². The molecule has 3 rings (SSSR count). The Morgan fingerprint density at radius 1 is 1.04 bits per heavy atom. The zero-order chi connectivity index (χ0) is 18.7. The van der Waals surface area contributed by atoms with Crippen molar-refractivity contribution in [3.05, 3.63) is 0 Å². The number of likely N-dealkylation sites (N-methyl/N-ethyl adjacent to an activating group) is 1. The third kappa shape index (κ3) is 4.71. The molecule has 2 amide bonds. The highest BCUT2D eigenvalue weighted by Gasteiger charge is 2.44. The van der Waals surface area contributed by atoms with Crippen LogP contribution in [-0.4, -0.2) is 90.8 Å². The molecular weight excluding hydrogens is 342 g/mol. The Kier molecular flexibility index (Phi) is 6.12. The summed E-state index contributed by atoms with van der Waals surface area (Å²) in [5.41, 5.74) is 0. The van der Waals surface area contributed by atoms with Crippen molar-refractivity contribution >= 4 is 11.8 Å². The number of carbonyl (C=O) groups is 2. The normalized spacial score (nSPS) is 27.7. The van der Waals surface area contributed by atoms with E-state index in [4.69, 9.17) is 0 Å². The van der Waals surface area contributed by atoms with Gasteiger partial charge in [-0.2, -0.15) is 0 Å². The van der Waals surface area contributed by atoms with Gasteiger partial charge in [0.2, 0.25) is 11.8 Å². The molecule has 3 fully saturated rings. The minimum Gasteiger partial charge on any atom is -0.341 e. The second-order valence-corrected chi connectivity index (χ2v) is 7.78. The summed E-state index contributed by atoms with van der Waals surface area (Å²) in [5.74, 6) is -2.51. The molecule has 0 bridgehead atoms. The molecule has 0 aromatic heterocycles. The van der Waals surface area contributed by atoms with Crippen molar-refractivity contribution < 1.29 is 18.4 Å². The number of hydrogen-bond donors (Lipinski definition) is 1. The van der Waals surface area contributed by atoms with Crippen LogP contribution in [0.2, 0.25) is 0 Å². The van der Waals surface area contributed by atoms with Crippen LogP contribution in [0.15, 0.2) is 0 Å². The van der Waals surface area contributed by atoms with Crippen molar-refractivity contribution in [3.63, 3.8) is 0 Å². The van der Waals surface area contributed by atoms with E-state index in [1.807, 2.05) is 4.90 Å². The number of carbonyl (C=O) groups excluding carboxylic acids is 2. The summed E-state index contributed by atoms with van der Waals surface area (Å²) in [6, 6.07) is -0.766. The van der Waals surface area contributed by atoms with E-state index in [9.17, 15) is 18.4 Å². The molecule has 8 heteroatoms. The second kappa shape index (κ2) is 8.17. The number of likely N-dealkylation sites (tertiary alicyclic amines) is 1. The number of rotatable bonds is 4. The number of nitrogens with zero attached hydrogens (tertiary/aromatic N) is 3. The van der Waals surface area contributed by atoms with Crippen molar-refractivity contribution in [1.29, 1.82) is 0 Å². The maximum Gasteiger partial charge on any atom is 0.262 e. The summed E-state index contributed by atoms with van der Waals surface area (Å²) in [6.45, 7) is 7.33. The first-order chi connectivity index (χ1) is 12.4. The Hall–Kier alpha value is -1.28. The first-order valence-electron chi connectivity index (χ1n) is 9.78. The van der Waals surface area contributed by atoms with Crippen LogP contribution in [-0.2, 0) is 9.59 Å². The fourth-order valence-electron chi connectivity index (χ4n) is 4.16. The van der Waals surface area contributed by atoms with Crippen LogP contribution < -0.4 is 5.32 Å². The summed E-state index contributed by atoms with van der Waals surface area (Å²) in [4.78, 5) is 30.8. The van der Waals surface area contributed by atoms with E-state index in [1.54, 1.807) is 4.90 Å². The monoisotopic (exact) mass is 372 g/mol. The predicted octanol–water partition coefficient (Wildman–Crippen LogP) is 0.776. The van der Waals surface area contributed by atoms with Gasteiger partial charge in [0.15, 0.2) is 0 Å². The van der Waals surface area contributed by atoms with Gasteiger partial charge >= 0.3 is 0 Å². The Morgan fingerprint density at radius 2 is 1.69 bits per heavy atom. The summed E-state index contributed by atoms with van der Waals surface area (Å²) >= 11 is 0. The van der Waals surface area contributed by atoms with E-state index in [1.165, 1.54) is 0 Å². The topological polar surface area (TPSA) is 55.9 Å². The molecule has 1 atom stereocenters. The van der Waals surface area contributed by atoms with Gasteiger partial charge in [0.1, 0.15) is 0 Å². The van der Waals surface area contributed by atoms with E-state index < -0.39 is 24.9 Å². The van der Waals surface area contributed by atoms with Crippen molar-refractivity contribution in [2.45, 2.75) is 44.6 Å². The lowest BCUT2D eigenvalue weighted by Crippen LogP contribution is -2.50. The van der Waals surface area contributed by atoms with Gasteiger partial charge in [-0.25, -0.2) is 8.78 Å². The molecule has 0 aliphatic carbocycles. The minimum absolute atomic E-state index is 0.211. The Bertz CT molecular complexity index is 515. The van der Waals surface area contributed by atoms with Gasteiger partial charge < -0.3 is 14.7 Å². The van der Waals surface area contributed by atoms with E-state index in [0.29, 0.717) is 19.5 Å². The van der Waals surface area contributed by atoms with Gasteiger partial charge in [0.05, 0.1) is 12.6 Å². The van der Waals surface area contributed by atoms with Crippen molar-refractivity contribution in [2.75, 3.05) is 52.4 Å². The summed E-state index contributed by atoms with van der Waals surface area (Å²) in [6.07, 6.45) is 1.67. The molecule has 0 radical (unpaired) electrons. The van der Waals surface area contributed by atoms with Gasteiger partial charge in [0, 0.05) is 52.1 Å². The van der Waals surface area contributed by atoms with Crippen LogP contribution in [0.4, 0.5) is 8.78 Å². The highest BCUT2D eigenvalue weighted by atomic mass is 19.3. The molecule has 1 unspecified atom stereocenters. The number of amides is 2. The highest BCUT2D eigenvalue weighted by molar-refractivity contribution is 5.82. The SMILES string of the molecule is CCN1CCN(C(=O)CC2CCN(C(=O)C3CC(F)(F)CN3)CC2)CC1. The molecule has 0 aromatic carbocycles. The minimum atomic E-state index is -2.78. The first kappa shape index (κ1) is 19.5. The third-order valence-electron chi connectivity index (χ3n) is 5.97. The number of piperidine rings is 1. The number of hydrogen-bond acceptors (Lipinski definition) is 4. The Balaban J connectivity index is 1.40. The van der Waals surface area contributed by atoms with Crippen LogP contribution in [0.3, 0.4) is 0 Å². The van der Waals surface area contributed by atoms with Crippen LogP contribution >= 0.6 is 0 Å². The molecule has 3 aliphatic rings. The average molecular weight is 372 g/mol. The van der Waals surface area contributed by atoms with Gasteiger partial charge in [0.25, 0.3) is 5.92 Å². The molecule has 26 heavy (non-hydrogen) atoms. The van der Waals surface area contributed by atoms with Crippen LogP contribution in [0.5, 0.6) is 0 Å². The maximum atomic E-state index is 13.3. The molecule has 0 aromatic rings. The van der Waals surface area contributed by atoms with E-state index in [-0.39, 0.29) is 17.7 Å². The lowest BCUT2D eigenvalue weighted by Gasteiger charge is -2.36. The van der Waals surface area contributed by atoms with Gasteiger partial charge in [-0.15, -0.1) is 0 Å². The number of nitrogens with one attached hydrogen (secondary N) is 1. The Labute approximate surface area is 153 Å². The van der Waals surface area contributed by atoms with Gasteiger partial charge in [-0.05, 0) is 25.3 Å². The summed E-state index contributed by atoms with van der Waals surface area (Å²) in [7, 11) is 0. The fraction of sp³-hybridized carbons (Fsp3) is 0.889. The average Bonchev–Trinajstić information content (AvgIpc) is 3.01. The van der Waals surface area contributed by atoms with E-state index in [2.05, 4.69) is 17.1 Å². The smallest absolute Gasteiger partial charge is 0.262 e. The van der Waals surface area contributed by atoms with Crippen LogP contribution in [0.25, 0.3) is 0 Å². The van der Waals surface area contributed by atoms with Crippen LogP contribution in [0, 0.1) is 5.92 Å². The fourth-order valence-corrected chi connectivity index (χ4v) is 4.16. The third-order valence-corrected chi connectivity index (χ3v) is 5.97. The molecule has 0 saturated carbocycles. The summed E-state index contributed by atoms with van der Waals surface area (Å²) in [5, 5.41) is 2.63. The lowest BCUT2D eigenvalue weighted by atomic mass is 9.92. The first-order valence-corrected chi connectivity index (χ1v) is 9.78. The predicted molar refractivity (Wildman–Crippen MR) is 94.0 cm³/mol. The Morgan fingerprint density at radius 3 is 2.23 bits per heavy atom. The highest BCUT2D eigenvalue weighted by Crippen LogP contribution is 2.28. The van der Waals surface area contributed by atoms with Crippen molar-refractivity contribution in [3.8, 4) is 0 Å². The number of halogens is 2. The zero-order valence-electron chi connectivity index (χ0n) is 15.6. The van der Waals surface area contributed by atoms with Crippen molar-refractivity contribution in [2.24, 2.45) is 5.92 Å². The molecule has 148 valence electrons. The second-order valence-electron chi connectivity index (χ2n) is 7.78. The lowest BCUT2D eigenvalue weighted by molar-refractivity contribution is -0.136.